The monoisotopic (exact) mass is 311 g/mol. The average Bonchev–Trinajstić information content (AvgIpc) is 3.15. The van der Waals surface area contributed by atoms with Gasteiger partial charge in [0.05, 0.1) is 6.10 Å². The van der Waals surface area contributed by atoms with Gasteiger partial charge in [0.25, 0.3) is 0 Å². The van der Waals surface area contributed by atoms with Gasteiger partial charge in [0.2, 0.25) is 0 Å². The third kappa shape index (κ3) is 3.81. The summed E-state index contributed by atoms with van der Waals surface area (Å²) in [5.41, 5.74) is 1.36. The molecule has 1 aliphatic carbocycles. The molecular formula is C15H22BrNO. The Balaban J connectivity index is 2.04. The SMILES string of the molecule is CCNC(Cc1cccc(Br)c1)C(OC)C1CC1. The van der Waals surface area contributed by atoms with Gasteiger partial charge in [-0.15, -0.1) is 0 Å². The van der Waals surface area contributed by atoms with E-state index in [0.717, 1.165) is 23.4 Å². The van der Waals surface area contributed by atoms with Crippen LogP contribution in [0.1, 0.15) is 25.3 Å². The predicted molar refractivity (Wildman–Crippen MR) is 78.8 cm³/mol. The molecular weight excluding hydrogens is 290 g/mol. The maximum absolute atomic E-state index is 5.72. The van der Waals surface area contributed by atoms with Crippen LogP contribution < -0.4 is 5.32 Å². The van der Waals surface area contributed by atoms with Gasteiger partial charge in [0, 0.05) is 17.6 Å². The first-order valence-corrected chi connectivity index (χ1v) is 7.54. The van der Waals surface area contributed by atoms with Crippen LogP contribution in [0.5, 0.6) is 0 Å². The molecule has 0 radical (unpaired) electrons. The average molecular weight is 312 g/mol. The Morgan fingerprint density at radius 1 is 1.44 bits per heavy atom. The normalized spacial score (nSPS) is 18.6. The molecule has 0 heterocycles. The summed E-state index contributed by atoms with van der Waals surface area (Å²) in [7, 11) is 1.84. The molecule has 1 aromatic rings. The summed E-state index contributed by atoms with van der Waals surface area (Å²) in [6.45, 7) is 3.15. The minimum absolute atomic E-state index is 0.351. The van der Waals surface area contributed by atoms with Gasteiger partial charge in [-0.25, -0.2) is 0 Å². The molecule has 0 aromatic heterocycles. The molecule has 2 atom stereocenters. The summed E-state index contributed by atoms with van der Waals surface area (Å²) in [5.74, 6) is 0.756. The second kappa shape index (κ2) is 6.69. The third-order valence-corrected chi connectivity index (χ3v) is 4.06. The van der Waals surface area contributed by atoms with Crippen molar-refractivity contribution in [2.24, 2.45) is 5.92 Å². The van der Waals surface area contributed by atoms with Crippen molar-refractivity contribution in [2.75, 3.05) is 13.7 Å². The summed E-state index contributed by atoms with van der Waals surface area (Å²) in [6, 6.07) is 8.97. The number of ether oxygens (including phenoxy) is 1. The van der Waals surface area contributed by atoms with Crippen LogP contribution in [0.25, 0.3) is 0 Å². The summed E-state index contributed by atoms with van der Waals surface area (Å²) >= 11 is 3.53. The van der Waals surface area contributed by atoms with Gasteiger partial charge in [-0.2, -0.15) is 0 Å². The van der Waals surface area contributed by atoms with Crippen LogP contribution in [0.3, 0.4) is 0 Å². The molecule has 0 amide bonds. The van der Waals surface area contributed by atoms with Crippen LogP contribution in [0.4, 0.5) is 0 Å². The molecule has 100 valence electrons. The van der Waals surface area contributed by atoms with Crippen molar-refractivity contribution in [2.45, 2.75) is 38.3 Å². The van der Waals surface area contributed by atoms with Crippen molar-refractivity contribution < 1.29 is 4.74 Å². The first-order valence-electron chi connectivity index (χ1n) is 6.75. The Hall–Kier alpha value is -0.380. The van der Waals surface area contributed by atoms with E-state index in [1.54, 1.807) is 0 Å². The van der Waals surface area contributed by atoms with Crippen molar-refractivity contribution >= 4 is 15.9 Å². The Morgan fingerprint density at radius 2 is 2.22 bits per heavy atom. The molecule has 2 nitrogen and oxygen atoms in total. The molecule has 1 aliphatic rings. The van der Waals surface area contributed by atoms with Gasteiger partial charge >= 0.3 is 0 Å². The number of hydrogen-bond acceptors (Lipinski definition) is 2. The van der Waals surface area contributed by atoms with Crippen LogP contribution >= 0.6 is 15.9 Å². The molecule has 0 spiro atoms. The molecule has 1 aromatic carbocycles. The molecule has 2 unspecified atom stereocenters. The highest BCUT2D eigenvalue weighted by molar-refractivity contribution is 9.10. The number of methoxy groups -OCH3 is 1. The van der Waals surface area contributed by atoms with Crippen LogP contribution in [-0.4, -0.2) is 25.8 Å². The molecule has 1 N–H and O–H groups in total. The maximum Gasteiger partial charge on any atom is 0.0755 e. The molecule has 0 bridgehead atoms. The fourth-order valence-corrected chi connectivity index (χ4v) is 3.04. The topological polar surface area (TPSA) is 21.3 Å². The number of halogens is 1. The number of nitrogens with one attached hydrogen (secondary N) is 1. The Kier molecular flexibility index (Phi) is 5.22. The second-order valence-electron chi connectivity index (χ2n) is 5.04. The van der Waals surface area contributed by atoms with Gasteiger partial charge in [0.1, 0.15) is 0 Å². The van der Waals surface area contributed by atoms with Crippen LogP contribution in [0.2, 0.25) is 0 Å². The lowest BCUT2D eigenvalue weighted by atomic mass is 9.98. The summed E-state index contributed by atoms with van der Waals surface area (Å²) in [5, 5.41) is 3.58. The molecule has 0 aliphatic heterocycles. The molecule has 3 heteroatoms. The predicted octanol–water partition coefficient (Wildman–Crippen LogP) is 3.39. The van der Waals surface area contributed by atoms with Crippen molar-refractivity contribution in [3.63, 3.8) is 0 Å². The highest BCUT2D eigenvalue weighted by Crippen LogP contribution is 2.36. The number of benzene rings is 1. The lowest BCUT2D eigenvalue weighted by molar-refractivity contribution is 0.0516. The zero-order chi connectivity index (χ0) is 13.0. The molecule has 18 heavy (non-hydrogen) atoms. The van der Waals surface area contributed by atoms with E-state index in [1.165, 1.54) is 18.4 Å². The first kappa shape index (κ1) is 14.0. The molecule has 0 saturated heterocycles. The third-order valence-electron chi connectivity index (χ3n) is 3.57. The summed E-state index contributed by atoms with van der Waals surface area (Å²) < 4.78 is 6.87. The van der Waals surface area contributed by atoms with E-state index in [1.807, 2.05) is 7.11 Å². The first-order chi connectivity index (χ1) is 8.74. The van der Waals surface area contributed by atoms with Gasteiger partial charge in [-0.1, -0.05) is 35.0 Å². The number of rotatable bonds is 7. The standard InChI is InChI=1S/C15H22BrNO/c1-3-17-14(15(18-2)12-7-8-12)10-11-5-4-6-13(16)9-11/h4-6,9,12,14-15,17H,3,7-8,10H2,1-2H3. The zero-order valence-corrected chi connectivity index (χ0v) is 12.7. The van der Waals surface area contributed by atoms with Crippen molar-refractivity contribution in [1.82, 2.24) is 5.32 Å². The second-order valence-corrected chi connectivity index (χ2v) is 5.95. The fraction of sp³-hybridized carbons (Fsp3) is 0.600. The van der Waals surface area contributed by atoms with E-state index in [4.69, 9.17) is 4.74 Å². The maximum atomic E-state index is 5.72. The summed E-state index contributed by atoms with van der Waals surface area (Å²) in [6.07, 6.45) is 4.02. The lowest BCUT2D eigenvalue weighted by Gasteiger charge is -2.27. The van der Waals surface area contributed by atoms with Crippen molar-refractivity contribution in [3.8, 4) is 0 Å². The van der Waals surface area contributed by atoms with Gasteiger partial charge in [0.15, 0.2) is 0 Å². The van der Waals surface area contributed by atoms with Crippen molar-refractivity contribution in [1.29, 1.82) is 0 Å². The van der Waals surface area contributed by atoms with Crippen LogP contribution in [0.15, 0.2) is 28.7 Å². The molecule has 1 fully saturated rings. The van der Waals surface area contributed by atoms with E-state index in [-0.39, 0.29) is 0 Å². The van der Waals surface area contributed by atoms with E-state index >= 15 is 0 Å². The van der Waals surface area contributed by atoms with Gasteiger partial charge in [-0.05, 0) is 49.4 Å². The Morgan fingerprint density at radius 3 is 2.78 bits per heavy atom. The Bertz CT molecular complexity index is 379. The quantitative estimate of drug-likeness (QED) is 0.833. The smallest absolute Gasteiger partial charge is 0.0755 e. The van der Waals surface area contributed by atoms with Gasteiger partial charge in [-0.3, -0.25) is 0 Å². The summed E-state index contributed by atoms with van der Waals surface area (Å²) in [4.78, 5) is 0. The largest absolute Gasteiger partial charge is 0.380 e. The minimum atomic E-state index is 0.351. The van der Waals surface area contributed by atoms with Crippen LogP contribution in [-0.2, 0) is 11.2 Å². The fourth-order valence-electron chi connectivity index (χ4n) is 2.59. The lowest BCUT2D eigenvalue weighted by Crippen LogP contribution is -2.43. The van der Waals surface area contributed by atoms with Crippen LogP contribution in [0, 0.1) is 5.92 Å². The van der Waals surface area contributed by atoms with Crippen molar-refractivity contribution in [3.05, 3.63) is 34.3 Å². The molecule has 2 rings (SSSR count). The molecule has 1 saturated carbocycles. The van der Waals surface area contributed by atoms with E-state index in [0.29, 0.717) is 12.1 Å². The minimum Gasteiger partial charge on any atom is -0.380 e. The van der Waals surface area contributed by atoms with E-state index in [9.17, 15) is 0 Å². The number of likely N-dealkylation sites (N-methyl/N-ethyl adjacent to an activating group) is 1. The highest BCUT2D eigenvalue weighted by atomic mass is 79.9. The highest BCUT2D eigenvalue weighted by Gasteiger charge is 2.36. The zero-order valence-electron chi connectivity index (χ0n) is 11.2. The van der Waals surface area contributed by atoms with Gasteiger partial charge < -0.3 is 10.1 Å². The Labute approximate surface area is 118 Å². The van der Waals surface area contributed by atoms with E-state index < -0.39 is 0 Å². The number of hydrogen-bond donors (Lipinski definition) is 1. The van der Waals surface area contributed by atoms with E-state index in [2.05, 4.69) is 52.4 Å².